The lowest BCUT2D eigenvalue weighted by atomic mass is 9.60. The molecule has 0 saturated heterocycles. The summed E-state index contributed by atoms with van der Waals surface area (Å²) in [6.45, 7) is 3.86. The molecule has 4 aliphatic rings. The molecule has 39 heavy (non-hydrogen) atoms. The van der Waals surface area contributed by atoms with Crippen LogP contribution >= 0.6 is 0 Å². The number of primary amides is 1. The predicted molar refractivity (Wildman–Crippen MR) is 134 cm³/mol. The van der Waals surface area contributed by atoms with Gasteiger partial charge in [0, 0.05) is 35.6 Å². The minimum Gasteiger partial charge on any atom is -0.511 e. The molecule has 12 heteroatoms. The molecule has 2 amide bonds. The van der Waals surface area contributed by atoms with Crippen molar-refractivity contribution in [3.05, 3.63) is 45.2 Å². The number of carbonyl (C=O) groups is 4. The molecule has 1 aromatic rings. The third kappa shape index (κ3) is 3.69. The molecule has 1 heterocycles. The second-order valence-electron chi connectivity index (χ2n) is 11.3. The van der Waals surface area contributed by atoms with Gasteiger partial charge in [0.25, 0.3) is 5.91 Å². The zero-order chi connectivity index (χ0) is 28.7. The molecule has 0 radical (unpaired) electrons. The number of hydrogen-bond donors (Lipinski definition) is 6. The van der Waals surface area contributed by atoms with E-state index in [0.29, 0.717) is 6.42 Å². The van der Waals surface area contributed by atoms with Crippen LogP contribution in [0.2, 0.25) is 0 Å². The number of rotatable bonds is 3. The van der Waals surface area contributed by atoms with Crippen LogP contribution in [0.25, 0.3) is 0 Å². The summed E-state index contributed by atoms with van der Waals surface area (Å²) in [4.78, 5) is 53.3. The molecule has 5 rings (SSSR count). The standard InChI is InChI=1S/C27H30FN3O8/c1-9(2)4-14-26(38)30-20-13(8-31(14)3)19(28)12-6-10-5-11-7-15(32)18(25(29)37)24(36)27(11,39)23(35)16(10)21(33)17(12)22(20)34/h9-11,14,32,34-35,39H,4-8H2,1-3H3,(H2,29,37)(H,30,38)/t10?,11-,14+,27-/m0/s1. The van der Waals surface area contributed by atoms with Crippen LogP contribution in [0.3, 0.4) is 0 Å². The first-order valence-electron chi connectivity index (χ1n) is 12.7. The number of fused-ring (bicyclic) bond motifs is 4. The van der Waals surface area contributed by atoms with Gasteiger partial charge in [0.2, 0.25) is 11.7 Å². The van der Waals surface area contributed by atoms with Crippen molar-refractivity contribution in [3.63, 3.8) is 0 Å². The Bertz CT molecular complexity index is 1430. The van der Waals surface area contributed by atoms with Crippen molar-refractivity contribution in [2.75, 3.05) is 12.4 Å². The maximum atomic E-state index is 16.1. The first kappa shape index (κ1) is 26.8. The summed E-state index contributed by atoms with van der Waals surface area (Å²) in [5.41, 5.74) is 0.412. The fraction of sp³-hybridized carbons (Fsp3) is 0.481. The van der Waals surface area contributed by atoms with Crippen molar-refractivity contribution in [1.29, 1.82) is 0 Å². The van der Waals surface area contributed by atoms with Gasteiger partial charge in [-0.25, -0.2) is 4.39 Å². The van der Waals surface area contributed by atoms with Gasteiger partial charge in [0.15, 0.2) is 17.1 Å². The van der Waals surface area contributed by atoms with Gasteiger partial charge < -0.3 is 31.5 Å². The SMILES string of the molecule is CC(C)C[C@@H]1C(=O)Nc2c(O)c3c(c(F)c2CN1C)CC1C[C@H]2CC(O)=C(C(N)=O)C(=O)[C@@]2(O)C(O)=C1C3=O. The topological polar surface area (TPSA) is 190 Å². The summed E-state index contributed by atoms with van der Waals surface area (Å²) >= 11 is 0. The Morgan fingerprint density at radius 2 is 1.85 bits per heavy atom. The van der Waals surface area contributed by atoms with Crippen molar-refractivity contribution in [1.82, 2.24) is 4.90 Å². The van der Waals surface area contributed by atoms with E-state index in [1.54, 1.807) is 11.9 Å². The second-order valence-corrected chi connectivity index (χ2v) is 11.3. The number of nitrogens with zero attached hydrogens (tertiary/aromatic N) is 1. The van der Waals surface area contributed by atoms with Gasteiger partial charge in [-0.15, -0.1) is 0 Å². The van der Waals surface area contributed by atoms with Crippen LogP contribution < -0.4 is 11.1 Å². The monoisotopic (exact) mass is 543 g/mol. The number of aromatic hydroxyl groups is 1. The Hall–Kier alpha value is -3.77. The van der Waals surface area contributed by atoms with E-state index in [1.165, 1.54) is 0 Å². The molecule has 0 bridgehead atoms. The summed E-state index contributed by atoms with van der Waals surface area (Å²) < 4.78 is 16.1. The Labute approximate surface area is 222 Å². The molecule has 0 fully saturated rings. The number of nitrogens with two attached hydrogens (primary N) is 1. The third-order valence-electron chi connectivity index (χ3n) is 8.45. The Morgan fingerprint density at radius 1 is 1.18 bits per heavy atom. The molecular formula is C27H30FN3O8. The number of hydrogen-bond acceptors (Lipinski definition) is 9. The molecule has 208 valence electrons. The number of amides is 2. The molecule has 0 spiro atoms. The highest BCUT2D eigenvalue weighted by Crippen LogP contribution is 2.53. The van der Waals surface area contributed by atoms with E-state index in [-0.39, 0.29) is 48.5 Å². The number of nitrogens with one attached hydrogen (secondary N) is 1. The van der Waals surface area contributed by atoms with Crippen molar-refractivity contribution in [2.45, 2.75) is 57.7 Å². The van der Waals surface area contributed by atoms with E-state index in [1.807, 2.05) is 13.8 Å². The van der Waals surface area contributed by atoms with Gasteiger partial charge >= 0.3 is 0 Å². The lowest BCUT2D eigenvalue weighted by molar-refractivity contribution is -0.144. The zero-order valence-electron chi connectivity index (χ0n) is 21.7. The number of aliphatic hydroxyl groups is 3. The molecule has 0 saturated carbocycles. The van der Waals surface area contributed by atoms with Crippen LogP contribution in [0.4, 0.5) is 10.1 Å². The van der Waals surface area contributed by atoms with Crippen molar-refractivity contribution in [3.8, 4) is 5.75 Å². The van der Waals surface area contributed by atoms with Crippen LogP contribution in [-0.4, -0.2) is 67.4 Å². The third-order valence-corrected chi connectivity index (χ3v) is 8.45. The predicted octanol–water partition coefficient (Wildman–Crippen LogP) is 1.52. The quantitative estimate of drug-likeness (QED) is 0.242. The number of phenols is 1. The largest absolute Gasteiger partial charge is 0.511 e. The Balaban J connectivity index is 1.65. The van der Waals surface area contributed by atoms with Gasteiger partial charge in [0.1, 0.15) is 22.9 Å². The van der Waals surface area contributed by atoms with Gasteiger partial charge in [-0.1, -0.05) is 13.8 Å². The molecule has 4 atom stereocenters. The zero-order valence-corrected chi connectivity index (χ0v) is 21.7. The number of phenolic OH excluding ortho intramolecular Hbond substituents is 1. The van der Waals surface area contributed by atoms with Crippen molar-refractivity contribution >= 4 is 29.1 Å². The summed E-state index contributed by atoms with van der Waals surface area (Å²) in [6.07, 6.45) is -0.162. The minimum atomic E-state index is -2.71. The molecular weight excluding hydrogens is 513 g/mol. The molecule has 1 unspecified atom stereocenters. The number of aliphatic hydroxyl groups excluding tert-OH is 2. The highest BCUT2D eigenvalue weighted by molar-refractivity contribution is 6.24. The number of halogens is 1. The number of ketones is 2. The van der Waals surface area contributed by atoms with Crippen LogP contribution in [0.15, 0.2) is 22.7 Å². The first-order valence-corrected chi connectivity index (χ1v) is 12.7. The number of likely N-dealkylation sites (N-methyl/N-ethyl adjacent to an activating group) is 1. The van der Waals surface area contributed by atoms with E-state index in [4.69, 9.17) is 5.73 Å². The summed E-state index contributed by atoms with van der Waals surface area (Å²) in [6, 6.07) is -0.610. The van der Waals surface area contributed by atoms with E-state index < -0.39 is 86.7 Å². The minimum absolute atomic E-state index is 0.0175. The number of anilines is 1. The molecule has 1 aliphatic heterocycles. The fourth-order valence-corrected chi connectivity index (χ4v) is 6.55. The Kier molecular flexibility index (Phi) is 6.11. The van der Waals surface area contributed by atoms with Crippen LogP contribution in [0.1, 0.15) is 54.6 Å². The number of Topliss-reactive ketones (excluding diaryl/α,β-unsaturated/α-hetero) is 2. The summed E-state index contributed by atoms with van der Waals surface area (Å²) in [5.74, 6) is -9.05. The van der Waals surface area contributed by atoms with Crippen molar-refractivity contribution in [2.24, 2.45) is 23.5 Å². The molecule has 7 N–H and O–H groups in total. The second kappa shape index (κ2) is 8.88. The first-order chi connectivity index (χ1) is 18.2. The number of benzene rings is 1. The van der Waals surface area contributed by atoms with Gasteiger partial charge in [-0.2, -0.15) is 0 Å². The molecule has 3 aliphatic carbocycles. The van der Waals surface area contributed by atoms with Crippen LogP contribution in [0, 0.1) is 23.6 Å². The normalized spacial score (nSPS) is 29.0. The highest BCUT2D eigenvalue weighted by atomic mass is 19.1. The van der Waals surface area contributed by atoms with Gasteiger partial charge in [-0.05, 0) is 38.1 Å². The molecule has 0 aromatic heterocycles. The average molecular weight is 544 g/mol. The highest BCUT2D eigenvalue weighted by Gasteiger charge is 2.60. The summed E-state index contributed by atoms with van der Waals surface area (Å²) in [5, 5.41) is 46.5. The van der Waals surface area contributed by atoms with Gasteiger partial charge in [-0.3, -0.25) is 24.1 Å². The van der Waals surface area contributed by atoms with Crippen LogP contribution in [-0.2, 0) is 27.3 Å². The lowest BCUT2D eigenvalue weighted by Crippen LogP contribution is -2.57. The van der Waals surface area contributed by atoms with E-state index in [9.17, 15) is 39.6 Å². The van der Waals surface area contributed by atoms with E-state index >= 15 is 4.39 Å². The van der Waals surface area contributed by atoms with Crippen LogP contribution in [0.5, 0.6) is 5.75 Å². The maximum Gasteiger partial charge on any atom is 0.255 e. The number of carbonyl (C=O) groups excluding carboxylic acids is 4. The molecule has 1 aromatic carbocycles. The van der Waals surface area contributed by atoms with Crippen molar-refractivity contribution < 1.29 is 44.0 Å². The average Bonchev–Trinajstić information content (AvgIpc) is 2.96. The number of allylic oxidation sites excluding steroid dienone is 2. The van der Waals surface area contributed by atoms with Gasteiger partial charge in [0.05, 0.1) is 17.3 Å². The Morgan fingerprint density at radius 3 is 2.46 bits per heavy atom. The van der Waals surface area contributed by atoms with E-state index in [2.05, 4.69) is 5.32 Å². The summed E-state index contributed by atoms with van der Waals surface area (Å²) in [7, 11) is 1.67. The smallest absolute Gasteiger partial charge is 0.255 e. The molecule has 11 nitrogen and oxygen atoms in total. The lowest BCUT2D eigenvalue weighted by Gasteiger charge is -2.45. The fourth-order valence-electron chi connectivity index (χ4n) is 6.55. The van der Waals surface area contributed by atoms with E-state index in [0.717, 1.165) is 0 Å². The maximum absolute atomic E-state index is 16.1.